The lowest BCUT2D eigenvalue weighted by Crippen LogP contribution is -2.10. The lowest BCUT2D eigenvalue weighted by Gasteiger charge is -2.08. The number of halogens is 1. The minimum atomic E-state index is -0.715. The standard InChI is InChI=1S/C18H11BrO6/c19-12-6-16-15(23-9-24-16)5-10(12)8-22-18(21)17-7-13(20)11-3-1-2-4-14(11)25-17/h1-7H,8-9H2. The molecule has 1 aliphatic rings. The van der Waals surface area contributed by atoms with Crippen molar-refractivity contribution in [2.75, 3.05) is 6.79 Å². The normalized spacial score (nSPS) is 12.4. The first-order valence-electron chi connectivity index (χ1n) is 7.40. The van der Waals surface area contributed by atoms with Crippen molar-refractivity contribution in [3.8, 4) is 11.5 Å². The van der Waals surface area contributed by atoms with Crippen LogP contribution in [0.4, 0.5) is 0 Å². The van der Waals surface area contributed by atoms with Gasteiger partial charge in [-0.1, -0.05) is 28.1 Å². The van der Waals surface area contributed by atoms with Gasteiger partial charge in [0, 0.05) is 16.1 Å². The van der Waals surface area contributed by atoms with Crippen molar-refractivity contribution >= 4 is 32.9 Å². The maximum absolute atomic E-state index is 12.2. The van der Waals surface area contributed by atoms with Crippen LogP contribution in [0, 0.1) is 0 Å². The molecule has 0 spiro atoms. The Morgan fingerprint density at radius 2 is 1.88 bits per heavy atom. The van der Waals surface area contributed by atoms with E-state index in [2.05, 4.69) is 15.9 Å². The highest BCUT2D eigenvalue weighted by Crippen LogP contribution is 2.37. The van der Waals surface area contributed by atoms with E-state index in [1.807, 2.05) is 0 Å². The smallest absolute Gasteiger partial charge is 0.374 e. The molecule has 6 nitrogen and oxygen atoms in total. The molecule has 7 heteroatoms. The zero-order chi connectivity index (χ0) is 17.4. The van der Waals surface area contributed by atoms with Crippen molar-refractivity contribution in [1.82, 2.24) is 0 Å². The molecule has 0 amide bonds. The van der Waals surface area contributed by atoms with Gasteiger partial charge in [-0.15, -0.1) is 0 Å². The van der Waals surface area contributed by atoms with Crippen LogP contribution in [0.2, 0.25) is 0 Å². The minimum absolute atomic E-state index is 0.00735. The number of para-hydroxylation sites is 1. The molecule has 0 fully saturated rings. The van der Waals surface area contributed by atoms with Crippen LogP contribution in [0.25, 0.3) is 11.0 Å². The van der Waals surface area contributed by atoms with Gasteiger partial charge in [0.05, 0.1) is 5.39 Å². The summed E-state index contributed by atoms with van der Waals surface area (Å²) in [7, 11) is 0. The molecule has 0 N–H and O–H groups in total. The number of benzene rings is 2. The topological polar surface area (TPSA) is 75.0 Å². The van der Waals surface area contributed by atoms with Gasteiger partial charge in [0.15, 0.2) is 16.9 Å². The molecule has 0 radical (unpaired) electrons. The van der Waals surface area contributed by atoms with Crippen LogP contribution in [0.5, 0.6) is 11.5 Å². The van der Waals surface area contributed by atoms with Crippen molar-refractivity contribution in [3.63, 3.8) is 0 Å². The highest BCUT2D eigenvalue weighted by molar-refractivity contribution is 9.10. The van der Waals surface area contributed by atoms with Crippen molar-refractivity contribution in [2.24, 2.45) is 0 Å². The summed E-state index contributed by atoms with van der Waals surface area (Å²) >= 11 is 3.40. The van der Waals surface area contributed by atoms with E-state index in [1.54, 1.807) is 36.4 Å². The van der Waals surface area contributed by atoms with E-state index in [-0.39, 0.29) is 24.6 Å². The van der Waals surface area contributed by atoms with Crippen LogP contribution >= 0.6 is 15.9 Å². The molecule has 3 aromatic rings. The molecule has 1 aromatic heterocycles. The van der Waals surface area contributed by atoms with Gasteiger partial charge in [-0.2, -0.15) is 0 Å². The Morgan fingerprint density at radius 1 is 1.12 bits per heavy atom. The van der Waals surface area contributed by atoms with E-state index in [0.717, 1.165) is 10.5 Å². The summed E-state index contributed by atoms with van der Waals surface area (Å²) in [6.45, 7) is 0.153. The number of hydrogen-bond acceptors (Lipinski definition) is 6. The van der Waals surface area contributed by atoms with Gasteiger partial charge in [-0.25, -0.2) is 4.79 Å². The van der Waals surface area contributed by atoms with Crippen LogP contribution in [0.15, 0.2) is 56.1 Å². The second kappa shape index (κ2) is 6.25. The number of carbonyl (C=O) groups excluding carboxylic acids is 1. The Balaban J connectivity index is 1.56. The van der Waals surface area contributed by atoms with Gasteiger partial charge < -0.3 is 18.6 Å². The molecule has 1 aliphatic heterocycles. The predicted octanol–water partition coefficient (Wildman–Crippen LogP) is 3.64. The van der Waals surface area contributed by atoms with Crippen molar-refractivity contribution in [3.05, 3.63) is 68.5 Å². The first-order chi connectivity index (χ1) is 12.1. The Hall–Kier alpha value is -2.80. The second-order valence-corrected chi connectivity index (χ2v) is 6.20. The SMILES string of the molecule is O=C(OCc1cc2c(cc1Br)OCO2)c1cc(=O)c2ccccc2o1. The van der Waals surface area contributed by atoms with Crippen molar-refractivity contribution < 1.29 is 23.4 Å². The molecule has 0 saturated carbocycles. The van der Waals surface area contributed by atoms with E-state index in [4.69, 9.17) is 18.6 Å². The predicted molar refractivity (Wildman–Crippen MR) is 91.9 cm³/mol. The number of rotatable bonds is 3. The molecule has 0 atom stereocenters. The van der Waals surface area contributed by atoms with E-state index < -0.39 is 5.97 Å². The molecule has 0 unspecified atom stereocenters. The Bertz CT molecular complexity index is 1040. The molecule has 2 heterocycles. The summed E-state index contributed by atoms with van der Waals surface area (Å²) in [6, 6.07) is 11.3. The quantitative estimate of drug-likeness (QED) is 0.622. The first kappa shape index (κ1) is 15.7. The van der Waals surface area contributed by atoms with Gasteiger partial charge in [0.25, 0.3) is 0 Å². The second-order valence-electron chi connectivity index (χ2n) is 5.34. The molecule has 0 bridgehead atoms. The van der Waals surface area contributed by atoms with Gasteiger partial charge in [-0.05, 0) is 24.3 Å². The summed E-state index contributed by atoms with van der Waals surface area (Å²) in [5.74, 6) is 0.363. The van der Waals surface area contributed by atoms with Crippen molar-refractivity contribution in [1.29, 1.82) is 0 Å². The summed E-state index contributed by atoms with van der Waals surface area (Å²) in [4.78, 5) is 24.3. The zero-order valence-electron chi connectivity index (χ0n) is 12.8. The highest BCUT2D eigenvalue weighted by Gasteiger charge is 2.18. The van der Waals surface area contributed by atoms with E-state index >= 15 is 0 Å². The Kier molecular flexibility index (Phi) is 3.93. The van der Waals surface area contributed by atoms with Crippen LogP contribution in [-0.4, -0.2) is 12.8 Å². The maximum atomic E-state index is 12.2. The average molecular weight is 403 g/mol. The third kappa shape index (κ3) is 2.98. The molecule has 25 heavy (non-hydrogen) atoms. The van der Waals surface area contributed by atoms with Crippen LogP contribution < -0.4 is 14.9 Å². The number of carbonyl (C=O) groups is 1. The summed E-state index contributed by atoms with van der Waals surface area (Å²) in [5, 5.41) is 0.414. The van der Waals surface area contributed by atoms with Gasteiger partial charge in [-0.3, -0.25) is 4.79 Å². The summed E-state index contributed by atoms with van der Waals surface area (Å²) < 4.78 is 22.0. The highest BCUT2D eigenvalue weighted by atomic mass is 79.9. The Labute approximate surface area is 150 Å². The number of ether oxygens (including phenoxy) is 3. The Morgan fingerprint density at radius 3 is 2.72 bits per heavy atom. The third-order valence-corrected chi connectivity index (χ3v) is 4.47. The van der Waals surface area contributed by atoms with Gasteiger partial charge in [0.2, 0.25) is 12.6 Å². The molecule has 0 aliphatic carbocycles. The molecule has 126 valence electrons. The number of esters is 1. The van der Waals surface area contributed by atoms with Crippen molar-refractivity contribution in [2.45, 2.75) is 6.61 Å². The van der Waals surface area contributed by atoms with Crippen LogP contribution in [0.1, 0.15) is 16.1 Å². The van der Waals surface area contributed by atoms with E-state index in [0.29, 0.717) is 28.0 Å². The number of fused-ring (bicyclic) bond motifs is 2. The van der Waals surface area contributed by atoms with Gasteiger partial charge >= 0.3 is 5.97 Å². The number of hydrogen-bond donors (Lipinski definition) is 0. The minimum Gasteiger partial charge on any atom is -0.455 e. The molecular formula is C18H11BrO6. The molecular weight excluding hydrogens is 392 g/mol. The van der Waals surface area contributed by atoms with E-state index in [1.165, 1.54) is 0 Å². The molecule has 2 aromatic carbocycles. The fraction of sp³-hybridized carbons (Fsp3) is 0.111. The average Bonchev–Trinajstić information content (AvgIpc) is 3.06. The first-order valence-corrected chi connectivity index (χ1v) is 8.19. The zero-order valence-corrected chi connectivity index (χ0v) is 14.4. The molecule has 0 saturated heterocycles. The largest absolute Gasteiger partial charge is 0.455 e. The summed E-state index contributed by atoms with van der Waals surface area (Å²) in [5.41, 5.74) is 0.755. The van der Waals surface area contributed by atoms with Crippen LogP contribution in [0.3, 0.4) is 0 Å². The van der Waals surface area contributed by atoms with Crippen LogP contribution in [-0.2, 0) is 11.3 Å². The van der Waals surface area contributed by atoms with E-state index in [9.17, 15) is 9.59 Å². The third-order valence-electron chi connectivity index (χ3n) is 3.74. The van der Waals surface area contributed by atoms with Gasteiger partial charge in [0.1, 0.15) is 12.2 Å². The fourth-order valence-electron chi connectivity index (χ4n) is 2.49. The lowest BCUT2D eigenvalue weighted by molar-refractivity contribution is 0.0435. The lowest BCUT2D eigenvalue weighted by atomic mass is 10.2. The maximum Gasteiger partial charge on any atom is 0.374 e. The molecule has 4 rings (SSSR count). The fourth-order valence-corrected chi connectivity index (χ4v) is 2.93. The monoisotopic (exact) mass is 402 g/mol. The summed E-state index contributed by atoms with van der Waals surface area (Å²) in [6.07, 6.45) is 0.